The fraction of sp³-hybridized carbons (Fsp3) is 0. The van der Waals surface area contributed by atoms with Crippen molar-refractivity contribution >= 4 is 65.4 Å². The highest BCUT2D eigenvalue weighted by atomic mass is 16.3. The molecule has 0 bridgehead atoms. The molecule has 11 aromatic rings. The molecule has 0 saturated carbocycles. The third kappa shape index (κ3) is 4.46. The van der Waals surface area contributed by atoms with Crippen molar-refractivity contribution in [2.75, 3.05) is 0 Å². The molecule has 11 rings (SSSR count). The van der Waals surface area contributed by atoms with Crippen LogP contribution in [-0.2, 0) is 0 Å². The van der Waals surface area contributed by atoms with Crippen molar-refractivity contribution in [2.45, 2.75) is 0 Å². The summed E-state index contributed by atoms with van der Waals surface area (Å²) < 4.78 is 12.9. The topological polar surface area (TPSA) is 65.0 Å². The van der Waals surface area contributed by atoms with Crippen molar-refractivity contribution in [2.24, 2.45) is 0 Å². The average molecular weight is 666 g/mol. The molecule has 0 amide bonds. The predicted octanol–water partition coefficient (Wildman–Crippen LogP) is 12.6. The number of furan rings is 2. The van der Waals surface area contributed by atoms with Crippen LogP contribution in [0.15, 0.2) is 173 Å². The van der Waals surface area contributed by atoms with E-state index < -0.39 is 0 Å². The van der Waals surface area contributed by atoms with E-state index in [4.69, 9.17) is 23.8 Å². The number of nitrogens with zero attached hydrogens (tertiary/aromatic N) is 3. The normalized spacial score (nSPS) is 11.8. The van der Waals surface area contributed by atoms with Gasteiger partial charge in [-0.05, 0) is 69.1 Å². The molecule has 0 aliphatic rings. The van der Waals surface area contributed by atoms with Crippen LogP contribution in [0.5, 0.6) is 0 Å². The maximum absolute atomic E-state index is 6.48. The molecule has 3 aromatic heterocycles. The first-order chi connectivity index (χ1) is 25.7. The lowest BCUT2D eigenvalue weighted by Gasteiger charge is -2.11. The standard InChI is InChI=1S/C47H27N3O2/c1-2-10-28(11-3-1)30-23-25-41-39(27-30)43-37(16-9-19-42(43)51-41)46-48-45(32-22-24-34-31(26-32)21-20-29-12-4-5-13-33(29)34)49-47(50-46)38-17-8-15-36-35-14-6-7-18-40(35)52-44(36)38/h1-27H. The summed E-state index contributed by atoms with van der Waals surface area (Å²) in [4.78, 5) is 15.6. The lowest BCUT2D eigenvalue weighted by Crippen LogP contribution is -2.00. The highest BCUT2D eigenvalue weighted by Crippen LogP contribution is 2.40. The van der Waals surface area contributed by atoms with Crippen molar-refractivity contribution in [3.63, 3.8) is 0 Å². The van der Waals surface area contributed by atoms with E-state index in [-0.39, 0.29) is 0 Å². The maximum atomic E-state index is 6.48. The van der Waals surface area contributed by atoms with E-state index >= 15 is 0 Å². The zero-order valence-corrected chi connectivity index (χ0v) is 27.7. The van der Waals surface area contributed by atoms with Gasteiger partial charge in [-0.15, -0.1) is 0 Å². The smallest absolute Gasteiger partial charge is 0.167 e. The zero-order valence-electron chi connectivity index (χ0n) is 27.7. The number of aromatic nitrogens is 3. The van der Waals surface area contributed by atoms with E-state index in [1.165, 1.54) is 16.2 Å². The summed E-state index contributed by atoms with van der Waals surface area (Å²) in [5.74, 6) is 1.68. The minimum Gasteiger partial charge on any atom is -0.456 e. The van der Waals surface area contributed by atoms with Crippen LogP contribution in [0.2, 0.25) is 0 Å². The number of fused-ring (bicyclic) bond motifs is 9. The maximum Gasteiger partial charge on any atom is 0.167 e. The molecular weight excluding hydrogens is 639 g/mol. The van der Waals surface area contributed by atoms with Gasteiger partial charge in [-0.1, -0.05) is 127 Å². The summed E-state index contributed by atoms with van der Waals surface area (Å²) >= 11 is 0. The Morgan fingerprint density at radius 2 is 0.981 bits per heavy atom. The monoisotopic (exact) mass is 665 g/mol. The van der Waals surface area contributed by atoms with Gasteiger partial charge in [-0.25, -0.2) is 15.0 Å². The lowest BCUT2D eigenvalue weighted by atomic mass is 9.99. The first-order valence-electron chi connectivity index (χ1n) is 17.3. The number of hydrogen-bond donors (Lipinski definition) is 0. The number of para-hydroxylation sites is 2. The molecule has 0 saturated heterocycles. The van der Waals surface area contributed by atoms with Gasteiger partial charge >= 0.3 is 0 Å². The molecule has 0 aliphatic carbocycles. The molecule has 0 radical (unpaired) electrons. The Hall–Kier alpha value is -7.11. The zero-order chi connectivity index (χ0) is 34.2. The summed E-state index contributed by atoms with van der Waals surface area (Å²) in [5, 5.41) is 8.78. The van der Waals surface area contributed by atoms with Gasteiger partial charge in [0.05, 0.1) is 5.56 Å². The molecule has 5 nitrogen and oxygen atoms in total. The highest BCUT2D eigenvalue weighted by molar-refractivity contribution is 6.13. The molecule has 0 spiro atoms. The summed E-state index contributed by atoms with van der Waals surface area (Å²) in [7, 11) is 0. The van der Waals surface area contributed by atoms with E-state index in [1.54, 1.807) is 0 Å². The van der Waals surface area contributed by atoms with Crippen LogP contribution in [0.3, 0.4) is 0 Å². The SMILES string of the molecule is c1ccc(-c2ccc3oc4cccc(-c5nc(-c6ccc7c(ccc8ccccc87)c6)nc(-c6cccc7c6oc6ccccc67)n5)c4c3c2)cc1. The van der Waals surface area contributed by atoms with Crippen molar-refractivity contribution in [1.82, 2.24) is 15.0 Å². The minimum absolute atomic E-state index is 0.540. The summed E-state index contributed by atoms with van der Waals surface area (Å²) in [6.07, 6.45) is 0. The van der Waals surface area contributed by atoms with Crippen LogP contribution in [0.1, 0.15) is 0 Å². The van der Waals surface area contributed by atoms with Gasteiger partial charge in [0.1, 0.15) is 22.3 Å². The molecule has 0 fully saturated rings. The molecule has 52 heavy (non-hydrogen) atoms. The second kappa shape index (κ2) is 11.2. The predicted molar refractivity (Wildman–Crippen MR) is 211 cm³/mol. The molecule has 0 N–H and O–H groups in total. The van der Waals surface area contributed by atoms with Gasteiger partial charge in [0, 0.05) is 32.7 Å². The third-order valence-electron chi connectivity index (χ3n) is 10.1. The second-order valence-electron chi connectivity index (χ2n) is 13.2. The summed E-state index contributed by atoms with van der Waals surface area (Å²) in [5.41, 5.74) is 7.99. The first-order valence-corrected chi connectivity index (χ1v) is 17.3. The number of rotatable bonds is 4. The van der Waals surface area contributed by atoms with Crippen molar-refractivity contribution in [1.29, 1.82) is 0 Å². The summed E-state index contributed by atoms with van der Waals surface area (Å²) in [6.45, 7) is 0. The number of hydrogen-bond acceptors (Lipinski definition) is 5. The molecule has 0 aliphatic heterocycles. The lowest BCUT2D eigenvalue weighted by molar-refractivity contribution is 0.668. The van der Waals surface area contributed by atoms with E-state index in [0.717, 1.165) is 77.1 Å². The highest BCUT2D eigenvalue weighted by Gasteiger charge is 2.21. The quantitative estimate of drug-likeness (QED) is 0.175. The molecule has 3 heterocycles. The minimum atomic E-state index is 0.540. The Bertz CT molecular complexity index is 3190. The van der Waals surface area contributed by atoms with Crippen LogP contribution in [-0.4, -0.2) is 15.0 Å². The van der Waals surface area contributed by atoms with Gasteiger partial charge < -0.3 is 8.83 Å². The van der Waals surface area contributed by atoms with Gasteiger partial charge in [-0.2, -0.15) is 0 Å². The third-order valence-corrected chi connectivity index (χ3v) is 10.1. The van der Waals surface area contributed by atoms with Crippen molar-refractivity contribution in [3.05, 3.63) is 164 Å². The molecule has 8 aromatic carbocycles. The Morgan fingerprint density at radius 3 is 1.90 bits per heavy atom. The van der Waals surface area contributed by atoms with Gasteiger partial charge in [0.2, 0.25) is 0 Å². The molecule has 0 unspecified atom stereocenters. The first kappa shape index (κ1) is 28.7. The van der Waals surface area contributed by atoms with Crippen LogP contribution < -0.4 is 0 Å². The van der Waals surface area contributed by atoms with E-state index in [9.17, 15) is 0 Å². The van der Waals surface area contributed by atoms with E-state index in [0.29, 0.717) is 17.5 Å². The Kier molecular flexibility index (Phi) is 6.18. The molecular formula is C47H27N3O2. The Balaban J connectivity index is 1.17. The van der Waals surface area contributed by atoms with Gasteiger partial charge in [-0.3, -0.25) is 0 Å². The Labute approximate surface area is 297 Å². The van der Waals surface area contributed by atoms with E-state index in [1.807, 2.05) is 54.6 Å². The fourth-order valence-electron chi connectivity index (χ4n) is 7.64. The molecule has 5 heteroatoms. The average Bonchev–Trinajstić information content (AvgIpc) is 3.79. The Morgan fingerprint density at radius 1 is 0.327 bits per heavy atom. The van der Waals surface area contributed by atoms with Crippen molar-refractivity contribution in [3.8, 4) is 45.3 Å². The molecule has 0 atom stereocenters. The van der Waals surface area contributed by atoms with Gasteiger partial charge in [0.25, 0.3) is 0 Å². The van der Waals surface area contributed by atoms with Crippen molar-refractivity contribution < 1.29 is 8.83 Å². The largest absolute Gasteiger partial charge is 0.456 e. The van der Waals surface area contributed by atoms with Crippen LogP contribution in [0.4, 0.5) is 0 Å². The molecule has 242 valence electrons. The summed E-state index contributed by atoms with van der Waals surface area (Å²) in [6, 6.07) is 56.4. The fourth-order valence-corrected chi connectivity index (χ4v) is 7.64. The second-order valence-corrected chi connectivity index (χ2v) is 13.2. The van der Waals surface area contributed by atoms with E-state index in [2.05, 4.69) is 109 Å². The van der Waals surface area contributed by atoms with Gasteiger partial charge in [0.15, 0.2) is 17.5 Å². The van der Waals surface area contributed by atoms with Crippen LogP contribution in [0.25, 0.3) is 111 Å². The van der Waals surface area contributed by atoms with Crippen LogP contribution >= 0.6 is 0 Å². The number of benzene rings is 8. The van der Waals surface area contributed by atoms with Crippen LogP contribution in [0, 0.1) is 0 Å².